The molecule has 216 valence electrons. The fourth-order valence-electron chi connectivity index (χ4n) is 5.14. The van der Waals surface area contributed by atoms with Gasteiger partial charge in [-0.3, -0.25) is 4.79 Å². The van der Waals surface area contributed by atoms with Gasteiger partial charge in [0, 0.05) is 72.8 Å². The Labute approximate surface area is 246 Å². The maximum absolute atomic E-state index is 13.3. The molecule has 5 rings (SSSR count). The van der Waals surface area contributed by atoms with Gasteiger partial charge in [0.15, 0.2) is 0 Å². The number of aromatic nitrogens is 1. The number of ether oxygens (including phenoxy) is 1. The predicted molar refractivity (Wildman–Crippen MR) is 168 cm³/mol. The number of pyridine rings is 1. The first-order chi connectivity index (χ1) is 19.8. The number of rotatable bonds is 8. The van der Waals surface area contributed by atoms with Crippen LogP contribution in [0.25, 0.3) is 0 Å². The molecule has 0 spiro atoms. The number of hydrogen-bond acceptors (Lipinski definition) is 9. The number of nitrogens with one attached hydrogen (secondary N) is 2. The molecule has 10 heteroatoms. The van der Waals surface area contributed by atoms with E-state index in [0.717, 1.165) is 73.4 Å². The van der Waals surface area contributed by atoms with E-state index >= 15 is 0 Å². The second-order valence-corrected chi connectivity index (χ2v) is 11.9. The van der Waals surface area contributed by atoms with Gasteiger partial charge in [0.25, 0.3) is 5.91 Å². The standard InChI is InChI=1S/C31H39N7O2S/c1-21-14-22(2)16-25(15-21)41-26-18-29(30(32)33-19-26)34-20-35-31(39)27-5-4-24(38-10-8-37(3)9-11-38)17-28(27)36-23-6-12-40-13-7-23/h4-5,14-20,23,36H,6-13H2,1-3H3,(H2,32,33)(H,34,35,39). The molecule has 0 radical (unpaired) electrons. The van der Waals surface area contributed by atoms with Gasteiger partial charge in [0.05, 0.1) is 11.9 Å². The minimum atomic E-state index is -0.236. The summed E-state index contributed by atoms with van der Waals surface area (Å²) in [6, 6.07) is 14.6. The smallest absolute Gasteiger partial charge is 0.258 e. The van der Waals surface area contributed by atoms with Crippen LogP contribution in [0.4, 0.5) is 22.9 Å². The molecule has 41 heavy (non-hydrogen) atoms. The van der Waals surface area contributed by atoms with Gasteiger partial charge in [-0.2, -0.15) is 0 Å². The predicted octanol–water partition coefficient (Wildman–Crippen LogP) is 4.86. The number of likely N-dealkylation sites (N-methyl/N-ethyl adjacent to an activating group) is 1. The van der Waals surface area contributed by atoms with Crippen LogP contribution in [0.5, 0.6) is 0 Å². The van der Waals surface area contributed by atoms with E-state index in [9.17, 15) is 4.79 Å². The molecule has 1 aromatic heterocycles. The number of amides is 1. The summed E-state index contributed by atoms with van der Waals surface area (Å²) in [5, 5.41) is 6.45. The second-order valence-electron chi connectivity index (χ2n) is 10.8. The van der Waals surface area contributed by atoms with Crippen LogP contribution in [-0.2, 0) is 4.74 Å². The molecular weight excluding hydrogens is 534 g/mol. The molecule has 0 bridgehead atoms. The molecule has 9 nitrogen and oxygen atoms in total. The van der Waals surface area contributed by atoms with Crippen molar-refractivity contribution in [2.45, 2.75) is 42.5 Å². The first-order valence-corrected chi connectivity index (χ1v) is 14.9. The first kappa shape index (κ1) is 28.9. The minimum absolute atomic E-state index is 0.236. The molecule has 2 aromatic carbocycles. The van der Waals surface area contributed by atoms with Crippen molar-refractivity contribution >= 4 is 46.9 Å². The van der Waals surface area contributed by atoms with Crippen molar-refractivity contribution in [2.24, 2.45) is 4.99 Å². The van der Waals surface area contributed by atoms with Gasteiger partial charge in [-0.05, 0) is 81.3 Å². The number of carbonyl (C=O) groups is 1. The Bertz CT molecular complexity index is 1380. The van der Waals surface area contributed by atoms with E-state index in [1.807, 2.05) is 18.2 Å². The van der Waals surface area contributed by atoms with Crippen molar-refractivity contribution in [1.29, 1.82) is 0 Å². The van der Waals surface area contributed by atoms with Crippen LogP contribution in [0.15, 0.2) is 63.4 Å². The summed E-state index contributed by atoms with van der Waals surface area (Å²) in [7, 11) is 2.15. The molecule has 0 unspecified atom stereocenters. The van der Waals surface area contributed by atoms with Crippen LogP contribution >= 0.6 is 11.8 Å². The summed E-state index contributed by atoms with van der Waals surface area (Å²) < 4.78 is 5.53. The third-order valence-electron chi connectivity index (χ3n) is 7.40. The van der Waals surface area contributed by atoms with E-state index in [-0.39, 0.29) is 11.9 Å². The number of aryl methyl sites for hydroxylation is 2. The molecule has 2 saturated heterocycles. The fraction of sp³-hybridized carbons (Fsp3) is 0.387. The van der Waals surface area contributed by atoms with E-state index < -0.39 is 0 Å². The highest BCUT2D eigenvalue weighted by Crippen LogP contribution is 2.33. The Morgan fingerprint density at radius 3 is 2.51 bits per heavy atom. The highest BCUT2D eigenvalue weighted by atomic mass is 32.2. The number of anilines is 3. The van der Waals surface area contributed by atoms with Gasteiger partial charge in [0.2, 0.25) is 0 Å². The van der Waals surface area contributed by atoms with E-state index in [4.69, 9.17) is 10.5 Å². The van der Waals surface area contributed by atoms with Crippen LogP contribution in [0.2, 0.25) is 0 Å². The summed E-state index contributed by atoms with van der Waals surface area (Å²) in [6.07, 6.45) is 4.95. The third-order valence-corrected chi connectivity index (χ3v) is 8.33. The number of piperazine rings is 1. The zero-order chi connectivity index (χ0) is 28.8. The summed E-state index contributed by atoms with van der Waals surface area (Å²) in [5.74, 6) is 0.0687. The monoisotopic (exact) mass is 573 g/mol. The van der Waals surface area contributed by atoms with Crippen molar-refractivity contribution in [1.82, 2.24) is 15.2 Å². The Morgan fingerprint density at radius 1 is 1.05 bits per heavy atom. The highest BCUT2D eigenvalue weighted by Gasteiger charge is 2.20. The van der Waals surface area contributed by atoms with E-state index in [2.05, 4.69) is 75.6 Å². The minimum Gasteiger partial charge on any atom is -0.382 e. The topological polar surface area (TPSA) is 108 Å². The van der Waals surface area contributed by atoms with Crippen molar-refractivity contribution in [2.75, 3.05) is 62.4 Å². The lowest BCUT2D eigenvalue weighted by Gasteiger charge is -2.34. The summed E-state index contributed by atoms with van der Waals surface area (Å²) in [4.78, 5) is 28.9. The quantitative estimate of drug-likeness (QED) is 0.259. The third kappa shape index (κ3) is 7.78. The molecule has 3 heterocycles. The Morgan fingerprint density at radius 2 is 1.78 bits per heavy atom. The van der Waals surface area contributed by atoms with Gasteiger partial charge in [-0.15, -0.1) is 0 Å². The van der Waals surface area contributed by atoms with E-state index in [0.29, 0.717) is 17.1 Å². The maximum Gasteiger partial charge on any atom is 0.258 e. The average Bonchev–Trinajstić information content (AvgIpc) is 2.95. The zero-order valence-electron chi connectivity index (χ0n) is 24.0. The molecule has 2 aliphatic rings. The van der Waals surface area contributed by atoms with E-state index in [1.165, 1.54) is 17.5 Å². The fourth-order valence-corrected chi connectivity index (χ4v) is 6.18. The zero-order valence-corrected chi connectivity index (χ0v) is 24.8. The SMILES string of the molecule is Cc1cc(C)cc(Sc2cnc(N)c(N=CNC(=O)c3ccc(N4CCN(C)CC4)cc3NC3CCOCC3)c2)c1. The lowest BCUT2D eigenvalue weighted by Crippen LogP contribution is -2.44. The molecule has 4 N–H and O–H groups in total. The Balaban J connectivity index is 1.30. The van der Waals surface area contributed by atoms with Crippen LogP contribution in [0.3, 0.4) is 0 Å². The van der Waals surface area contributed by atoms with E-state index in [1.54, 1.807) is 18.0 Å². The molecule has 0 atom stereocenters. The number of nitrogen functional groups attached to an aromatic ring is 1. The van der Waals surface area contributed by atoms with Crippen LogP contribution in [0, 0.1) is 13.8 Å². The highest BCUT2D eigenvalue weighted by molar-refractivity contribution is 7.99. The Hall–Kier alpha value is -3.60. The van der Waals surface area contributed by atoms with Gasteiger partial charge >= 0.3 is 0 Å². The number of aliphatic imine (C=N–C) groups is 1. The Kier molecular flexibility index (Phi) is 9.43. The van der Waals surface area contributed by atoms with Crippen LogP contribution < -0.4 is 21.3 Å². The summed E-state index contributed by atoms with van der Waals surface area (Å²) in [5.41, 5.74) is 11.6. The van der Waals surface area contributed by atoms with Gasteiger partial charge in [-0.25, -0.2) is 9.98 Å². The number of benzene rings is 2. The second kappa shape index (κ2) is 13.4. The number of nitrogens with two attached hydrogens (primary N) is 1. The first-order valence-electron chi connectivity index (χ1n) is 14.1. The molecular formula is C31H39N7O2S. The normalized spacial score (nSPS) is 16.7. The molecule has 3 aromatic rings. The van der Waals surface area contributed by atoms with Gasteiger partial charge in [-0.1, -0.05) is 17.8 Å². The summed E-state index contributed by atoms with van der Waals surface area (Å²) in [6.45, 7) is 9.57. The molecule has 1 amide bonds. The van der Waals surface area contributed by atoms with Crippen molar-refractivity contribution in [3.05, 3.63) is 65.4 Å². The number of hydrogen-bond donors (Lipinski definition) is 3. The van der Waals surface area contributed by atoms with Gasteiger partial charge in [0.1, 0.15) is 11.5 Å². The van der Waals surface area contributed by atoms with Crippen molar-refractivity contribution in [3.63, 3.8) is 0 Å². The van der Waals surface area contributed by atoms with Crippen molar-refractivity contribution < 1.29 is 9.53 Å². The number of nitrogens with zero attached hydrogens (tertiary/aromatic N) is 4. The largest absolute Gasteiger partial charge is 0.382 e. The lowest BCUT2D eigenvalue weighted by molar-refractivity contribution is 0.0904. The molecule has 0 aliphatic carbocycles. The van der Waals surface area contributed by atoms with Crippen LogP contribution in [-0.4, -0.2) is 74.6 Å². The molecule has 2 aliphatic heterocycles. The van der Waals surface area contributed by atoms with Crippen LogP contribution in [0.1, 0.15) is 34.3 Å². The van der Waals surface area contributed by atoms with Gasteiger partial charge < -0.3 is 30.9 Å². The molecule has 0 saturated carbocycles. The lowest BCUT2D eigenvalue weighted by atomic mass is 10.1. The maximum atomic E-state index is 13.3. The average molecular weight is 574 g/mol. The molecule has 2 fully saturated rings. The number of carbonyl (C=O) groups excluding carboxylic acids is 1. The summed E-state index contributed by atoms with van der Waals surface area (Å²) >= 11 is 1.60. The van der Waals surface area contributed by atoms with Crippen molar-refractivity contribution in [3.8, 4) is 0 Å².